The summed E-state index contributed by atoms with van der Waals surface area (Å²) in [5.41, 5.74) is 8.17. The number of hydrogen-bond acceptors (Lipinski definition) is 7. The number of hydrazine groups is 1. The SMILES string of the molecule is Cc1c(NN)nc(C(C)C)nc1NCC(O)C(N)=O. The Bertz CT molecular complexity index is 463. The van der Waals surface area contributed by atoms with Crippen LogP contribution in [0.4, 0.5) is 11.6 Å². The summed E-state index contributed by atoms with van der Waals surface area (Å²) >= 11 is 0. The van der Waals surface area contributed by atoms with E-state index in [0.717, 1.165) is 0 Å². The fourth-order valence-electron chi connectivity index (χ4n) is 1.40. The molecule has 0 bridgehead atoms. The number of aromatic nitrogens is 2. The zero-order chi connectivity index (χ0) is 14.6. The first-order chi connectivity index (χ1) is 8.86. The molecule has 0 radical (unpaired) electrons. The van der Waals surface area contributed by atoms with Crippen molar-refractivity contribution in [3.05, 3.63) is 11.4 Å². The second kappa shape index (κ2) is 6.30. The lowest BCUT2D eigenvalue weighted by Crippen LogP contribution is -2.34. The molecule has 1 aromatic heterocycles. The van der Waals surface area contributed by atoms with Crippen LogP contribution in [0.1, 0.15) is 31.2 Å². The van der Waals surface area contributed by atoms with Crippen molar-refractivity contribution in [2.24, 2.45) is 11.6 Å². The predicted octanol–water partition coefficient (Wildman–Crippen LogP) is -0.548. The summed E-state index contributed by atoms with van der Waals surface area (Å²) in [6.45, 7) is 5.66. The number of carbonyl (C=O) groups is 1. The molecular weight excluding hydrogens is 248 g/mol. The van der Waals surface area contributed by atoms with Crippen molar-refractivity contribution >= 4 is 17.5 Å². The molecule has 8 heteroatoms. The zero-order valence-corrected chi connectivity index (χ0v) is 11.3. The van der Waals surface area contributed by atoms with Crippen LogP contribution in [0.3, 0.4) is 0 Å². The van der Waals surface area contributed by atoms with Crippen LogP contribution in [-0.4, -0.2) is 33.6 Å². The molecule has 0 spiro atoms. The lowest BCUT2D eigenvalue weighted by molar-refractivity contribution is -0.125. The molecule has 0 saturated heterocycles. The molecule has 106 valence electrons. The Kier molecular flexibility index (Phi) is 5.02. The molecule has 19 heavy (non-hydrogen) atoms. The third-order valence-electron chi connectivity index (χ3n) is 2.61. The number of nitrogens with one attached hydrogen (secondary N) is 2. The maximum absolute atomic E-state index is 10.8. The highest BCUT2D eigenvalue weighted by Gasteiger charge is 2.15. The fraction of sp³-hybridized carbons (Fsp3) is 0.545. The molecule has 8 nitrogen and oxygen atoms in total. The van der Waals surface area contributed by atoms with Gasteiger partial charge in [-0.2, -0.15) is 0 Å². The maximum Gasteiger partial charge on any atom is 0.248 e. The summed E-state index contributed by atoms with van der Waals surface area (Å²) in [7, 11) is 0. The number of anilines is 2. The number of amides is 1. The van der Waals surface area contributed by atoms with Gasteiger partial charge in [0.05, 0.1) is 6.54 Å². The van der Waals surface area contributed by atoms with Crippen molar-refractivity contribution < 1.29 is 9.90 Å². The third kappa shape index (κ3) is 3.76. The highest BCUT2D eigenvalue weighted by Crippen LogP contribution is 2.22. The van der Waals surface area contributed by atoms with E-state index in [1.54, 1.807) is 6.92 Å². The number of hydrogen-bond donors (Lipinski definition) is 5. The molecule has 0 saturated carbocycles. The normalized spacial score (nSPS) is 12.3. The van der Waals surface area contributed by atoms with Crippen molar-refractivity contribution in [2.45, 2.75) is 32.8 Å². The van der Waals surface area contributed by atoms with Gasteiger partial charge >= 0.3 is 0 Å². The summed E-state index contributed by atoms with van der Waals surface area (Å²) in [4.78, 5) is 19.4. The molecule has 1 atom stereocenters. The number of rotatable bonds is 6. The van der Waals surface area contributed by atoms with Crippen LogP contribution in [0.5, 0.6) is 0 Å². The van der Waals surface area contributed by atoms with Crippen molar-refractivity contribution in [3.8, 4) is 0 Å². The summed E-state index contributed by atoms with van der Waals surface area (Å²) in [6, 6.07) is 0. The zero-order valence-electron chi connectivity index (χ0n) is 11.3. The van der Waals surface area contributed by atoms with E-state index in [-0.39, 0.29) is 12.5 Å². The first kappa shape index (κ1) is 15.1. The fourth-order valence-corrected chi connectivity index (χ4v) is 1.40. The van der Waals surface area contributed by atoms with E-state index in [1.807, 2.05) is 13.8 Å². The van der Waals surface area contributed by atoms with Gasteiger partial charge in [-0.05, 0) is 6.92 Å². The summed E-state index contributed by atoms with van der Waals surface area (Å²) in [5, 5.41) is 12.2. The Labute approximate surface area is 111 Å². The highest BCUT2D eigenvalue weighted by molar-refractivity contribution is 5.79. The van der Waals surface area contributed by atoms with Crippen molar-refractivity contribution in [1.29, 1.82) is 0 Å². The van der Waals surface area contributed by atoms with E-state index >= 15 is 0 Å². The number of nitrogens with two attached hydrogens (primary N) is 2. The standard InChI is InChI=1S/C11H20N6O2/c1-5(2)9-15-10(6(3)11(16-9)17-13)14-4-7(18)8(12)19/h5,7,18H,4,13H2,1-3H3,(H2,12,19)(H2,14,15,16,17). The minimum Gasteiger partial charge on any atom is -0.381 e. The predicted molar refractivity (Wildman–Crippen MR) is 72.4 cm³/mol. The van der Waals surface area contributed by atoms with Gasteiger partial charge in [0.2, 0.25) is 5.91 Å². The smallest absolute Gasteiger partial charge is 0.248 e. The Hall–Kier alpha value is -1.93. The quantitative estimate of drug-likeness (QED) is 0.344. The topological polar surface area (TPSA) is 139 Å². The first-order valence-corrected chi connectivity index (χ1v) is 5.93. The largest absolute Gasteiger partial charge is 0.381 e. The number of aliphatic hydroxyl groups is 1. The van der Waals surface area contributed by atoms with E-state index in [9.17, 15) is 9.90 Å². The lowest BCUT2D eigenvalue weighted by Gasteiger charge is -2.16. The van der Waals surface area contributed by atoms with E-state index < -0.39 is 12.0 Å². The van der Waals surface area contributed by atoms with Crippen LogP contribution in [-0.2, 0) is 4.79 Å². The van der Waals surface area contributed by atoms with Gasteiger partial charge in [-0.25, -0.2) is 15.8 Å². The third-order valence-corrected chi connectivity index (χ3v) is 2.61. The van der Waals surface area contributed by atoms with Gasteiger partial charge in [-0.3, -0.25) is 4.79 Å². The van der Waals surface area contributed by atoms with E-state index in [0.29, 0.717) is 23.0 Å². The molecule has 1 heterocycles. The molecule has 1 rings (SSSR count). The average molecular weight is 268 g/mol. The van der Waals surface area contributed by atoms with Crippen molar-refractivity contribution in [2.75, 3.05) is 17.3 Å². The van der Waals surface area contributed by atoms with Gasteiger partial charge in [-0.1, -0.05) is 13.8 Å². The molecule has 0 aliphatic heterocycles. The van der Waals surface area contributed by atoms with E-state index in [4.69, 9.17) is 11.6 Å². The molecule has 0 aromatic carbocycles. The lowest BCUT2D eigenvalue weighted by atomic mass is 10.2. The summed E-state index contributed by atoms with van der Waals surface area (Å²) < 4.78 is 0. The van der Waals surface area contributed by atoms with Gasteiger partial charge in [0.15, 0.2) is 0 Å². The van der Waals surface area contributed by atoms with Crippen LogP contribution < -0.4 is 22.3 Å². The number of primary amides is 1. The van der Waals surface area contributed by atoms with Gasteiger partial charge in [0.1, 0.15) is 23.6 Å². The minimum absolute atomic E-state index is 0.0191. The second-order valence-corrected chi connectivity index (χ2v) is 4.50. The van der Waals surface area contributed by atoms with Crippen LogP contribution in [0.25, 0.3) is 0 Å². The molecule has 7 N–H and O–H groups in total. The second-order valence-electron chi connectivity index (χ2n) is 4.50. The van der Waals surface area contributed by atoms with Crippen LogP contribution in [0, 0.1) is 6.92 Å². The van der Waals surface area contributed by atoms with Gasteiger partial charge < -0.3 is 21.6 Å². The maximum atomic E-state index is 10.8. The minimum atomic E-state index is -1.27. The average Bonchev–Trinajstić information content (AvgIpc) is 2.36. The number of aliphatic hydroxyl groups excluding tert-OH is 1. The van der Waals surface area contributed by atoms with Crippen LogP contribution in [0.15, 0.2) is 0 Å². The Morgan fingerprint density at radius 2 is 1.95 bits per heavy atom. The number of nitrogens with zero attached hydrogens (tertiary/aromatic N) is 2. The van der Waals surface area contributed by atoms with E-state index in [2.05, 4.69) is 20.7 Å². The molecule has 0 aliphatic rings. The summed E-state index contributed by atoms with van der Waals surface area (Å²) in [5.74, 6) is 6.34. The van der Waals surface area contributed by atoms with Gasteiger partial charge in [0, 0.05) is 11.5 Å². The Morgan fingerprint density at radius 3 is 2.42 bits per heavy atom. The molecule has 1 amide bonds. The van der Waals surface area contributed by atoms with E-state index in [1.165, 1.54) is 0 Å². The number of nitrogen functional groups attached to an aromatic ring is 1. The van der Waals surface area contributed by atoms with Crippen molar-refractivity contribution in [1.82, 2.24) is 9.97 Å². The Morgan fingerprint density at radius 1 is 1.37 bits per heavy atom. The van der Waals surface area contributed by atoms with Crippen LogP contribution in [0.2, 0.25) is 0 Å². The molecule has 1 aromatic rings. The highest BCUT2D eigenvalue weighted by atomic mass is 16.3. The molecule has 0 fully saturated rings. The van der Waals surface area contributed by atoms with Crippen LogP contribution >= 0.6 is 0 Å². The monoisotopic (exact) mass is 268 g/mol. The molecular formula is C11H20N6O2. The summed E-state index contributed by atoms with van der Waals surface area (Å²) in [6.07, 6.45) is -1.27. The van der Waals surface area contributed by atoms with Crippen molar-refractivity contribution in [3.63, 3.8) is 0 Å². The molecule has 1 unspecified atom stereocenters. The molecule has 0 aliphatic carbocycles. The first-order valence-electron chi connectivity index (χ1n) is 5.93. The number of carbonyl (C=O) groups excluding carboxylic acids is 1. The van der Waals surface area contributed by atoms with Gasteiger partial charge in [0.25, 0.3) is 0 Å². The van der Waals surface area contributed by atoms with Gasteiger partial charge in [-0.15, -0.1) is 0 Å². The Balaban J connectivity index is 2.98.